The summed E-state index contributed by atoms with van der Waals surface area (Å²) in [5.41, 5.74) is 4.41. The summed E-state index contributed by atoms with van der Waals surface area (Å²) in [6.45, 7) is 8.08. The van der Waals surface area contributed by atoms with Gasteiger partial charge in [-0.2, -0.15) is 5.10 Å². The van der Waals surface area contributed by atoms with Crippen LogP contribution in [0, 0.1) is 5.92 Å². The Labute approximate surface area is 220 Å². The number of nitrogens with one attached hydrogen (secondary N) is 2. The molecule has 0 bridgehead atoms. The molecule has 0 aliphatic carbocycles. The van der Waals surface area contributed by atoms with Crippen LogP contribution in [0.2, 0.25) is 0 Å². The van der Waals surface area contributed by atoms with Crippen molar-refractivity contribution < 1.29 is 4.79 Å². The van der Waals surface area contributed by atoms with E-state index in [1.165, 1.54) is 19.3 Å². The number of fused-ring (bicyclic) bond motifs is 2. The van der Waals surface area contributed by atoms with Crippen molar-refractivity contribution in [1.29, 1.82) is 0 Å². The zero-order valence-electron chi connectivity index (χ0n) is 22.0. The molecule has 2 N–H and O–H groups in total. The standard InChI is InChI=1S/C26H31N11O/c1-5-17-7-6-10-36(13-17)22-12-21(27-14-28-22)24-19-11-18(8-9-20(19)30-31-24)29-25(38)23-15(2)35(4)26-32-33-34-37(26)16(23)3/h8-9,11-12,14,16-17H,5-7,10,13H2,1-4H3,(H,29,38)(H,30,31)/t16?,17-/m1/s1. The second-order valence-corrected chi connectivity index (χ2v) is 10.1. The number of aromatic amines is 1. The summed E-state index contributed by atoms with van der Waals surface area (Å²) in [6.07, 6.45) is 5.22. The molecule has 5 heterocycles. The Kier molecular flexibility index (Phi) is 6.01. The minimum Gasteiger partial charge on any atom is -0.356 e. The Morgan fingerprint density at radius 1 is 1.24 bits per heavy atom. The number of nitrogens with zero attached hydrogens (tertiary/aromatic N) is 9. The van der Waals surface area contributed by atoms with Gasteiger partial charge in [-0.25, -0.2) is 14.6 Å². The van der Waals surface area contributed by atoms with Crippen LogP contribution in [-0.4, -0.2) is 66.4 Å². The molecule has 2 atom stereocenters. The first-order valence-corrected chi connectivity index (χ1v) is 13.0. The average Bonchev–Trinajstić information content (AvgIpc) is 3.60. The Bertz CT molecular complexity index is 1540. The van der Waals surface area contributed by atoms with Crippen LogP contribution in [0.25, 0.3) is 22.3 Å². The smallest absolute Gasteiger partial charge is 0.255 e. The van der Waals surface area contributed by atoms with Crippen LogP contribution in [0.1, 0.15) is 46.1 Å². The topological polar surface area (TPSA) is 134 Å². The summed E-state index contributed by atoms with van der Waals surface area (Å²) in [4.78, 5) is 26.7. The van der Waals surface area contributed by atoms with Crippen molar-refractivity contribution in [1.82, 2.24) is 40.4 Å². The fourth-order valence-electron chi connectivity index (χ4n) is 5.51. The highest BCUT2D eigenvalue weighted by molar-refractivity contribution is 6.07. The molecule has 1 aromatic carbocycles. The zero-order chi connectivity index (χ0) is 26.4. The lowest BCUT2D eigenvalue weighted by molar-refractivity contribution is -0.113. The quantitative estimate of drug-likeness (QED) is 0.411. The van der Waals surface area contributed by atoms with E-state index in [0.717, 1.165) is 46.9 Å². The predicted octanol–water partition coefficient (Wildman–Crippen LogP) is 3.56. The second kappa shape index (κ2) is 9.51. The number of hydrogen-bond acceptors (Lipinski definition) is 9. The lowest BCUT2D eigenvalue weighted by Crippen LogP contribution is -2.35. The molecular formula is C26H31N11O. The molecule has 12 nitrogen and oxygen atoms in total. The SMILES string of the molecule is CC[C@@H]1CCCN(c2cc(-c3n[nH]c4ccc(NC(=O)C5=C(C)N(C)c6nnnn6C5C)cc34)ncn2)C1. The average molecular weight is 514 g/mol. The van der Waals surface area contributed by atoms with Gasteiger partial charge in [0.15, 0.2) is 0 Å². The van der Waals surface area contributed by atoms with Crippen LogP contribution in [-0.2, 0) is 4.79 Å². The van der Waals surface area contributed by atoms with Crippen molar-refractivity contribution in [3.63, 3.8) is 0 Å². The molecule has 1 unspecified atom stereocenters. The van der Waals surface area contributed by atoms with Gasteiger partial charge < -0.3 is 15.1 Å². The van der Waals surface area contributed by atoms with Crippen molar-refractivity contribution in [2.24, 2.45) is 5.92 Å². The number of anilines is 3. The fourth-order valence-corrected chi connectivity index (χ4v) is 5.51. The third kappa shape index (κ3) is 4.05. The third-order valence-corrected chi connectivity index (χ3v) is 7.83. The summed E-state index contributed by atoms with van der Waals surface area (Å²) in [5, 5.41) is 23.5. The number of H-pyrrole nitrogens is 1. The maximum Gasteiger partial charge on any atom is 0.255 e. The van der Waals surface area contributed by atoms with Gasteiger partial charge in [-0.15, -0.1) is 0 Å². The maximum absolute atomic E-state index is 13.4. The summed E-state index contributed by atoms with van der Waals surface area (Å²) < 4.78 is 1.65. The molecule has 0 spiro atoms. The fraction of sp³-hybridized carbons (Fsp3) is 0.423. The molecule has 3 aromatic heterocycles. The first-order valence-electron chi connectivity index (χ1n) is 13.0. The number of hydrogen-bond donors (Lipinski definition) is 2. The van der Waals surface area contributed by atoms with Crippen LogP contribution in [0.3, 0.4) is 0 Å². The summed E-state index contributed by atoms with van der Waals surface area (Å²) in [5.74, 6) is 2.02. The van der Waals surface area contributed by atoms with E-state index >= 15 is 0 Å². The Morgan fingerprint density at radius 3 is 2.95 bits per heavy atom. The second-order valence-electron chi connectivity index (χ2n) is 10.1. The van der Waals surface area contributed by atoms with Crippen LogP contribution >= 0.6 is 0 Å². The van der Waals surface area contributed by atoms with Crippen LogP contribution in [0.4, 0.5) is 17.5 Å². The highest BCUT2D eigenvalue weighted by Gasteiger charge is 2.32. The minimum atomic E-state index is -0.300. The third-order valence-electron chi connectivity index (χ3n) is 7.83. The molecule has 1 amide bonds. The molecule has 0 saturated carbocycles. The van der Waals surface area contributed by atoms with E-state index in [-0.39, 0.29) is 11.9 Å². The number of piperidine rings is 1. The van der Waals surface area contributed by atoms with Crippen molar-refractivity contribution in [3.05, 3.63) is 41.9 Å². The molecule has 0 radical (unpaired) electrons. The van der Waals surface area contributed by atoms with E-state index in [1.807, 2.05) is 50.1 Å². The van der Waals surface area contributed by atoms with E-state index in [4.69, 9.17) is 0 Å². The molecule has 12 heteroatoms. The van der Waals surface area contributed by atoms with Crippen LogP contribution in [0.15, 0.2) is 41.9 Å². The first-order chi connectivity index (χ1) is 18.4. The molecule has 2 aliphatic rings. The number of rotatable bonds is 5. The van der Waals surface area contributed by atoms with Gasteiger partial charge in [0.1, 0.15) is 17.8 Å². The van der Waals surface area contributed by atoms with Gasteiger partial charge in [-0.05, 0) is 61.2 Å². The van der Waals surface area contributed by atoms with Crippen LogP contribution < -0.4 is 15.1 Å². The monoisotopic (exact) mass is 513 g/mol. The molecule has 2 aliphatic heterocycles. The molecule has 4 aromatic rings. The molecule has 1 saturated heterocycles. The number of tetrazole rings is 1. The van der Waals surface area contributed by atoms with E-state index < -0.39 is 0 Å². The number of benzene rings is 1. The zero-order valence-corrected chi connectivity index (χ0v) is 22.0. The van der Waals surface area contributed by atoms with Crippen LogP contribution in [0.5, 0.6) is 0 Å². The highest BCUT2D eigenvalue weighted by Crippen LogP contribution is 2.34. The Morgan fingerprint density at radius 2 is 2.11 bits per heavy atom. The van der Waals surface area contributed by atoms with Gasteiger partial charge in [-0.3, -0.25) is 9.89 Å². The number of carbonyl (C=O) groups excluding carboxylic acids is 1. The number of amides is 1. The van der Waals surface area contributed by atoms with Crippen molar-refractivity contribution in [2.45, 2.75) is 46.1 Å². The lowest BCUT2D eigenvalue weighted by atomic mass is 9.96. The minimum absolute atomic E-state index is 0.202. The summed E-state index contributed by atoms with van der Waals surface area (Å²) in [7, 11) is 1.85. The Balaban J connectivity index is 1.28. The van der Waals surface area contributed by atoms with Gasteiger partial charge in [0.2, 0.25) is 5.95 Å². The molecule has 38 heavy (non-hydrogen) atoms. The van der Waals surface area contributed by atoms with Gasteiger partial charge in [-0.1, -0.05) is 18.4 Å². The van der Waals surface area contributed by atoms with E-state index in [9.17, 15) is 4.79 Å². The van der Waals surface area contributed by atoms with E-state index in [1.54, 1.807) is 11.0 Å². The van der Waals surface area contributed by atoms with Crippen molar-refractivity contribution in [2.75, 3.05) is 35.3 Å². The molecule has 6 rings (SSSR count). The molecular weight excluding hydrogens is 482 g/mol. The number of aromatic nitrogens is 8. The van der Waals surface area contributed by atoms with Gasteiger partial charge in [0, 0.05) is 43.0 Å². The highest BCUT2D eigenvalue weighted by atomic mass is 16.1. The number of allylic oxidation sites excluding steroid dienone is 1. The maximum atomic E-state index is 13.4. The summed E-state index contributed by atoms with van der Waals surface area (Å²) in [6, 6.07) is 7.41. The van der Waals surface area contributed by atoms with Gasteiger partial charge in [0.25, 0.3) is 5.91 Å². The number of carbonyl (C=O) groups is 1. The largest absolute Gasteiger partial charge is 0.356 e. The van der Waals surface area contributed by atoms with E-state index in [0.29, 0.717) is 23.1 Å². The van der Waals surface area contributed by atoms with Gasteiger partial charge >= 0.3 is 0 Å². The summed E-state index contributed by atoms with van der Waals surface area (Å²) >= 11 is 0. The first kappa shape index (κ1) is 24.0. The lowest BCUT2D eigenvalue weighted by Gasteiger charge is -2.33. The Hall–Kier alpha value is -4.35. The van der Waals surface area contributed by atoms with E-state index in [2.05, 4.69) is 52.8 Å². The van der Waals surface area contributed by atoms with Gasteiger partial charge in [0.05, 0.1) is 22.8 Å². The predicted molar refractivity (Wildman–Crippen MR) is 145 cm³/mol. The molecule has 196 valence electrons. The van der Waals surface area contributed by atoms with Crippen molar-refractivity contribution >= 4 is 34.3 Å². The van der Waals surface area contributed by atoms with Crippen molar-refractivity contribution in [3.8, 4) is 11.4 Å². The molecule has 1 fully saturated rings. The normalized spacial score (nSPS) is 19.7.